The van der Waals surface area contributed by atoms with Crippen LogP contribution in [-0.2, 0) is 0 Å². The molecule has 0 aromatic carbocycles. The summed E-state index contributed by atoms with van der Waals surface area (Å²) in [7, 11) is 0. The van der Waals surface area contributed by atoms with Crippen molar-refractivity contribution in [1.82, 2.24) is 19.7 Å². The predicted molar refractivity (Wildman–Crippen MR) is 72.5 cm³/mol. The highest BCUT2D eigenvalue weighted by Gasteiger charge is 2.07. The molecule has 82 valence electrons. The second-order valence-corrected chi connectivity index (χ2v) is 4.85. The number of nitrogens with two attached hydrogens (primary N) is 1. The first-order chi connectivity index (χ1) is 7.56. The molecule has 2 aromatic rings. The molecular weight excluding hydrogens is 337 g/mol. The molecule has 0 aliphatic rings. The van der Waals surface area contributed by atoms with E-state index in [2.05, 4.69) is 37.7 Å². The van der Waals surface area contributed by atoms with Crippen LogP contribution in [0.2, 0.25) is 0 Å². The van der Waals surface area contributed by atoms with Gasteiger partial charge in [-0.05, 0) is 35.6 Å². The van der Waals surface area contributed by atoms with Crippen molar-refractivity contribution < 1.29 is 0 Å². The van der Waals surface area contributed by atoms with E-state index in [1.54, 1.807) is 16.9 Å². The fraction of sp³-hybridized carbons (Fsp3) is 0.111. The van der Waals surface area contributed by atoms with Crippen LogP contribution in [0.3, 0.4) is 0 Å². The third-order valence-corrected chi connectivity index (χ3v) is 2.62. The molecule has 0 bridgehead atoms. The topological polar surface area (TPSA) is 69.6 Å². The van der Waals surface area contributed by atoms with Crippen molar-refractivity contribution in [2.45, 2.75) is 6.92 Å². The minimum Gasteiger partial charge on any atom is -0.388 e. The summed E-state index contributed by atoms with van der Waals surface area (Å²) in [6, 6.07) is 1.75. The summed E-state index contributed by atoms with van der Waals surface area (Å²) in [5.41, 5.74) is 6.91. The first kappa shape index (κ1) is 11.4. The molecule has 2 rings (SSSR count). The van der Waals surface area contributed by atoms with Crippen LogP contribution in [0.25, 0.3) is 5.95 Å². The first-order valence-electron chi connectivity index (χ1n) is 4.42. The average Bonchev–Trinajstić information content (AvgIpc) is 2.64. The lowest BCUT2D eigenvalue weighted by Crippen LogP contribution is -2.15. The molecule has 16 heavy (non-hydrogen) atoms. The molecule has 0 saturated carbocycles. The molecule has 0 unspecified atom stereocenters. The van der Waals surface area contributed by atoms with E-state index in [4.69, 9.17) is 18.0 Å². The van der Waals surface area contributed by atoms with Gasteiger partial charge in [-0.1, -0.05) is 12.2 Å². The van der Waals surface area contributed by atoms with Crippen LogP contribution in [0.15, 0.2) is 18.5 Å². The summed E-state index contributed by atoms with van der Waals surface area (Å²) in [5, 5.41) is 4.13. The highest BCUT2D eigenvalue weighted by atomic mass is 127. The minimum atomic E-state index is 0.258. The Morgan fingerprint density at radius 1 is 1.50 bits per heavy atom. The van der Waals surface area contributed by atoms with Crippen LogP contribution < -0.4 is 5.73 Å². The van der Waals surface area contributed by atoms with E-state index in [-0.39, 0.29) is 4.99 Å². The third-order valence-electron chi connectivity index (χ3n) is 1.85. The van der Waals surface area contributed by atoms with Crippen LogP contribution in [-0.4, -0.2) is 24.7 Å². The number of aromatic nitrogens is 4. The highest BCUT2D eigenvalue weighted by molar-refractivity contribution is 14.1. The van der Waals surface area contributed by atoms with E-state index in [1.807, 2.05) is 13.1 Å². The van der Waals surface area contributed by atoms with Crippen molar-refractivity contribution in [3.8, 4) is 5.95 Å². The summed E-state index contributed by atoms with van der Waals surface area (Å²) in [6.45, 7) is 1.86. The van der Waals surface area contributed by atoms with Crippen molar-refractivity contribution in [1.29, 1.82) is 0 Å². The van der Waals surface area contributed by atoms with E-state index in [9.17, 15) is 0 Å². The fourth-order valence-electron chi connectivity index (χ4n) is 1.19. The number of nitrogens with zero attached hydrogens (tertiary/aromatic N) is 4. The zero-order chi connectivity index (χ0) is 11.7. The Labute approximate surface area is 111 Å². The van der Waals surface area contributed by atoms with Gasteiger partial charge in [-0.3, -0.25) is 0 Å². The predicted octanol–water partition coefficient (Wildman–Crippen LogP) is 1.21. The lowest BCUT2D eigenvalue weighted by Gasteiger charge is -2.03. The van der Waals surface area contributed by atoms with Crippen molar-refractivity contribution in [3.05, 3.63) is 33.4 Å². The second kappa shape index (κ2) is 4.42. The summed E-state index contributed by atoms with van der Waals surface area (Å²) < 4.78 is 2.61. The molecule has 0 fully saturated rings. The molecule has 0 atom stereocenters. The Morgan fingerprint density at radius 2 is 2.25 bits per heavy atom. The SMILES string of the molecule is Cc1cc(C(N)=S)nc(-n2cc(I)cn2)n1. The maximum Gasteiger partial charge on any atom is 0.251 e. The van der Waals surface area contributed by atoms with E-state index >= 15 is 0 Å². The van der Waals surface area contributed by atoms with Gasteiger partial charge in [-0.2, -0.15) is 5.10 Å². The number of rotatable bonds is 2. The van der Waals surface area contributed by atoms with E-state index in [0.717, 1.165) is 9.26 Å². The number of aryl methyl sites for hydroxylation is 1. The monoisotopic (exact) mass is 345 g/mol. The van der Waals surface area contributed by atoms with Gasteiger partial charge in [-0.25, -0.2) is 14.6 Å². The Balaban J connectivity index is 2.53. The van der Waals surface area contributed by atoms with Gasteiger partial charge in [0.1, 0.15) is 10.7 Å². The van der Waals surface area contributed by atoms with Crippen molar-refractivity contribution in [3.63, 3.8) is 0 Å². The zero-order valence-corrected chi connectivity index (χ0v) is 11.4. The smallest absolute Gasteiger partial charge is 0.251 e. The summed E-state index contributed by atoms with van der Waals surface area (Å²) in [4.78, 5) is 8.77. The molecule has 0 aliphatic carbocycles. The Hall–Kier alpha value is -1.09. The van der Waals surface area contributed by atoms with E-state index < -0.39 is 0 Å². The fourth-order valence-corrected chi connectivity index (χ4v) is 1.68. The standard InChI is InChI=1S/C9H8IN5S/c1-5-2-7(8(11)16)14-9(13-5)15-4-6(10)3-12-15/h2-4H,1H3,(H2,11,16). The van der Waals surface area contributed by atoms with Gasteiger partial charge >= 0.3 is 0 Å². The normalized spacial score (nSPS) is 10.4. The molecule has 0 aliphatic heterocycles. The van der Waals surface area contributed by atoms with Crippen LogP contribution in [0.1, 0.15) is 11.4 Å². The molecule has 0 saturated heterocycles. The number of halogens is 1. The molecular formula is C9H8IN5S. The van der Waals surface area contributed by atoms with Gasteiger partial charge < -0.3 is 5.73 Å². The quantitative estimate of drug-likeness (QED) is 0.655. The Kier molecular flexibility index (Phi) is 3.15. The highest BCUT2D eigenvalue weighted by Crippen LogP contribution is 2.08. The van der Waals surface area contributed by atoms with Gasteiger partial charge in [0.25, 0.3) is 5.95 Å². The maximum atomic E-state index is 5.54. The minimum absolute atomic E-state index is 0.258. The molecule has 2 heterocycles. The zero-order valence-electron chi connectivity index (χ0n) is 8.38. The van der Waals surface area contributed by atoms with Crippen molar-refractivity contribution >= 4 is 39.8 Å². The van der Waals surface area contributed by atoms with Crippen molar-refractivity contribution in [2.24, 2.45) is 5.73 Å². The Morgan fingerprint density at radius 3 is 2.81 bits per heavy atom. The molecule has 2 N–H and O–H groups in total. The van der Waals surface area contributed by atoms with Crippen molar-refractivity contribution in [2.75, 3.05) is 0 Å². The average molecular weight is 345 g/mol. The second-order valence-electron chi connectivity index (χ2n) is 3.16. The van der Waals surface area contributed by atoms with E-state index in [0.29, 0.717) is 11.6 Å². The lowest BCUT2D eigenvalue weighted by atomic mass is 10.3. The van der Waals surface area contributed by atoms with Gasteiger partial charge in [0.2, 0.25) is 0 Å². The summed E-state index contributed by atoms with van der Waals surface area (Å²) in [5.74, 6) is 0.478. The lowest BCUT2D eigenvalue weighted by molar-refractivity contribution is 0.799. The number of thiocarbonyl (C=S) groups is 1. The number of hydrogen-bond acceptors (Lipinski definition) is 4. The van der Waals surface area contributed by atoms with Crippen LogP contribution in [0, 0.1) is 10.5 Å². The molecule has 0 amide bonds. The molecule has 0 radical (unpaired) electrons. The maximum absolute atomic E-state index is 5.54. The van der Waals surface area contributed by atoms with Gasteiger partial charge in [0, 0.05) is 11.9 Å². The van der Waals surface area contributed by atoms with Crippen LogP contribution in [0.4, 0.5) is 0 Å². The largest absolute Gasteiger partial charge is 0.388 e. The van der Waals surface area contributed by atoms with Gasteiger partial charge in [-0.15, -0.1) is 0 Å². The van der Waals surface area contributed by atoms with E-state index in [1.165, 1.54) is 0 Å². The first-order valence-corrected chi connectivity index (χ1v) is 5.91. The third kappa shape index (κ3) is 2.35. The molecule has 7 heteroatoms. The summed E-state index contributed by atoms with van der Waals surface area (Å²) >= 11 is 7.06. The number of hydrogen-bond donors (Lipinski definition) is 1. The van der Waals surface area contributed by atoms with Crippen LogP contribution in [0.5, 0.6) is 0 Å². The Bertz CT molecular complexity index is 551. The van der Waals surface area contributed by atoms with Crippen LogP contribution >= 0.6 is 34.8 Å². The molecule has 2 aromatic heterocycles. The van der Waals surface area contributed by atoms with Gasteiger partial charge in [0.15, 0.2) is 0 Å². The molecule has 0 spiro atoms. The van der Waals surface area contributed by atoms with Gasteiger partial charge in [0.05, 0.1) is 9.77 Å². The summed E-state index contributed by atoms with van der Waals surface area (Å²) in [6.07, 6.45) is 3.56. The molecule has 5 nitrogen and oxygen atoms in total.